The van der Waals surface area contributed by atoms with E-state index in [-0.39, 0.29) is 11.7 Å². The molecule has 0 radical (unpaired) electrons. The number of fused-ring (bicyclic) bond motifs is 3. The largest absolute Gasteiger partial charge is 0.361 e. The van der Waals surface area contributed by atoms with Crippen LogP contribution in [0.25, 0.3) is 11.3 Å². The molecule has 2 atom stereocenters. The Morgan fingerprint density at radius 1 is 1.10 bits per heavy atom. The standard InChI is InChI=1S/C26H27FN2O/c1-18-6-4-5-17-29(18)24(30)13-15-26(19-9-11-20(27)12-10-19)22-8-3-2-7-21(22)25-23(26)14-16-28-25/h2-3,7-12,14,16,18,28H,4-6,13,15,17H2,1H3. The lowest BCUT2D eigenvalue weighted by atomic mass is 9.69. The Hall–Kier alpha value is -2.88. The molecule has 1 fully saturated rings. The molecule has 5 rings (SSSR count). The average molecular weight is 403 g/mol. The van der Waals surface area contributed by atoms with Crippen molar-refractivity contribution in [3.63, 3.8) is 0 Å². The minimum absolute atomic E-state index is 0.227. The molecule has 4 heteroatoms. The average Bonchev–Trinajstić information content (AvgIpc) is 3.34. The number of aromatic amines is 1. The lowest BCUT2D eigenvalue weighted by Crippen LogP contribution is -2.42. The number of aromatic nitrogens is 1. The molecular weight excluding hydrogens is 375 g/mol. The number of hydrogen-bond donors (Lipinski definition) is 1. The van der Waals surface area contributed by atoms with Crippen molar-refractivity contribution in [3.8, 4) is 11.3 Å². The van der Waals surface area contributed by atoms with Crippen LogP contribution in [0.5, 0.6) is 0 Å². The van der Waals surface area contributed by atoms with Crippen LogP contribution in [0.15, 0.2) is 60.8 Å². The maximum atomic E-state index is 13.8. The zero-order chi connectivity index (χ0) is 20.7. The summed E-state index contributed by atoms with van der Waals surface area (Å²) >= 11 is 0. The van der Waals surface area contributed by atoms with Gasteiger partial charge in [0.15, 0.2) is 0 Å². The van der Waals surface area contributed by atoms with Gasteiger partial charge in [-0.15, -0.1) is 0 Å². The molecule has 2 aromatic carbocycles. The smallest absolute Gasteiger partial charge is 0.222 e. The zero-order valence-electron chi connectivity index (χ0n) is 17.3. The fraction of sp³-hybridized carbons (Fsp3) is 0.346. The SMILES string of the molecule is CC1CCCCN1C(=O)CCC1(c2ccc(F)cc2)c2ccccc2-c2[nH]ccc21. The van der Waals surface area contributed by atoms with E-state index >= 15 is 0 Å². The van der Waals surface area contributed by atoms with Crippen molar-refractivity contribution in [1.82, 2.24) is 9.88 Å². The first-order valence-electron chi connectivity index (χ1n) is 10.9. The number of nitrogens with one attached hydrogen (secondary N) is 1. The normalized spacial score (nSPS) is 22.6. The Labute approximate surface area is 176 Å². The highest BCUT2D eigenvalue weighted by atomic mass is 19.1. The second-order valence-corrected chi connectivity index (χ2v) is 8.66. The third kappa shape index (κ3) is 2.89. The van der Waals surface area contributed by atoms with E-state index in [1.165, 1.54) is 35.2 Å². The minimum Gasteiger partial charge on any atom is -0.361 e. The van der Waals surface area contributed by atoms with Crippen LogP contribution in [0.1, 0.15) is 55.7 Å². The molecule has 0 spiro atoms. The lowest BCUT2D eigenvalue weighted by Gasteiger charge is -2.36. The van der Waals surface area contributed by atoms with Gasteiger partial charge in [-0.2, -0.15) is 0 Å². The Bertz CT molecular complexity index is 1070. The quantitative estimate of drug-likeness (QED) is 0.601. The Morgan fingerprint density at radius 2 is 1.90 bits per heavy atom. The number of likely N-dealkylation sites (tertiary alicyclic amines) is 1. The van der Waals surface area contributed by atoms with Crippen LogP contribution in [0, 0.1) is 5.82 Å². The minimum atomic E-state index is -0.450. The third-order valence-corrected chi connectivity index (χ3v) is 7.04. The van der Waals surface area contributed by atoms with E-state index in [2.05, 4.69) is 41.1 Å². The molecule has 0 bridgehead atoms. The van der Waals surface area contributed by atoms with Crippen LogP contribution in [-0.4, -0.2) is 28.4 Å². The van der Waals surface area contributed by atoms with Crippen molar-refractivity contribution in [2.24, 2.45) is 0 Å². The summed E-state index contributed by atoms with van der Waals surface area (Å²) in [6.07, 6.45) is 6.48. The molecule has 1 aliphatic carbocycles. The number of nitrogens with zero attached hydrogens (tertiary/aromatic N) is 1. The van der Waals surface area contributed by atoms with E-state index in [0.29, 0.717) is 18.9 Å². The second kappa shape index (κ2) is 7.42. The zero-order valence-corrected chi connectivity index (χ0v) is 17.3. The highest BCUT2D eigenvalue weighted by Gasteiger charge is 2.45. The molecule has 2 aliphatic rings. The summed E-state index contributed by atoms with van der Waals surface area (Å²) in [5.41, 5.74) is 5.23. The topological polar surface area (TPSA) is 36.1 Å². The van der Waals surface area contributed by atoms with E-state index < -0.39 is 5.41 Å². The van der Waals surface area contributed by atoms with Crippen LogP contribution in [-0.2, 0) is 10.2 Å². The summed E-state index contributed by atoms with van der Waals surface area (Å²) < 4.78 is 13.8. The molecule has 0 saturated carbocycles. The Kier molecular flexibility index (Phi) is 4.73. The summed E-state index contributed by atoms with van der Waals surface area (Å²) in [5, 5.41) is 0. The molecule has 1 amide bonds. The van der Waals surface area contributed by atoms with Gasteiger partial charge in [0.05, 0.1) is 5.69 Å². The number of benzene rings is 2. The number of carbonyl (C=O) groups is 1. The van der Waals surface area contributed by atoms with Crippen LogP contribution in [0.2, 0.25) is 0 Å². The fourth-order valence-electron chi connectivity index (χ4n) is 5.53. The lowest BCUT2D eigenvalue weighted by molar-refractivity contribution is -0.134. The van der Waals surface area contributed by atoms with Crippen LogP contribution in [0.4, 0.5) is 4.39 Å². The number of carbonyl (C=O) groups excluding carboxylic acids is 1. The number of piperidine rings is 1. The molecule has 3 aromatic rings. The van der Waals surface area contributed by atoms with E-state index in [4.69, 9.17) is 0 Å². The predicted octanol–water partition coefficient (Wildman–Crippen LogP) is 5.65. The molecule has 1 aromatic heterocycles. The van der Waals surface area contributed by atoms with Crippen LogP contribution < -0.4 is 0 Å². The van der Waals surface area contributed by atoms with Crippen molar-refractivity contribution in [2.75, 3.05) is 6.54 Å². The van der Waals surface area contributed by atoms with Crippen LogP contribution in [0.3, 0.4) is 0 Å². The van der Waals surface area contributed by atoms with Gasteiger partial charge in [0, 0.05) is 36.2 Å². The number of H-pyrrole nitrogens is 1. The van der Waals surface area contributed by atoms with Gasteiger partial charge in [0.2, 0.25) is 5.91 Å². The molecule has 154 valence electrons. The van der Waals surface area contributed by atoms with Crippen molar-refractivity contribution in [1.29, 1.82) is 0 Å². The first-order valence-corrected chi connectivity index (χ1v) is 10.9. The predicted molar refractivity (Wildman–Crippen MR) is 117 cm³/mol. The van der Waals surface area contributed by atoms with Gasteiger partial charge in [-0.1, -0.05) is 36.4 Å². The van der Waals surface area contributed by atoms with E-state index in [1.807, 2.05) is 24.4 Å². The number of rotatable bonds is 4. The van der Waals surface area contributed by atoms with Crippen molar-refractivity contribution < 1.29 is 9.18 Å². The summed E-state index contributed by atoms with van der Waals surface area (Å²) in [7, 11) is 0. The maximum absolute atomic E-state index is 13.8. The van der Waals surface area contributed by atoms with Gasteiger partial charge in [-0.25, -0.2) is 4.39 Å². The summed E-state index contributed by atoms with van der Waals surface area (Å²) in [6, 6.07) is 17.6. The molecule has 1 saturated heterocycles. The highest BCUT2D eigenvalue weighted by Crippen LogP contribution is 2.54. The summed E-state index contributed by atoms with van der Waals surface area (Å²) in [6.45, 7) is 3.01. The highest BCUT2D eigenvalue weighted by molar-refractivity contribution is 5.83. The molecule has 3 nitrogen and oxygen atoms in total. The molecule has 2 heterocycles. The van der Waals surface area contributed by atoms with Gasteiger partial charge >= 0.3 is 0 Å². The van der Waals surface area contributed by atoms with Gasteiger partial charge in [0.25, 0.3) is 0 Å². The number of halogens is 1. The van der Waals surface area contributed by atoms with Crippen molar-refractivity contribution in [3.05, 3.63) is 83.3 Å². The molecule has 1 N–H and O–H groups in total. The van der Waals surface area contributed by atoms with E-state index in [0.717, 1.165) is 30.6 Å². The van der Waals surface area contributed by atoms with Crippen molar-refractivity contribution in [2.45, 2.75) is 50.5 Å². The summed E-state index contributed by atoms with van der Waals surface area (Å²) in [4.78, 5) is 18.7. The maximum Gasteiger partial charge on any atom is 0.222 e. The van der Waals surface area contributed by atoms with Crippen LogP contribution >= 0.6 is 0 Å². The fourth-order valence-corrected chi connectivity index (χ4v) is 5.53. The Balaban J connectivity index is 1.57. The van der Waals surface area contributed by atoms with Gasteiger partial charge in [-0.05, 0) is 67.5 Å². The molecule has 30 heavy (non-hydrogen) atoms. The molecular formula is C26H27FN2O. The first-order chi connectivity index (χ1) is 14.6. The van der Waals surface area contributed by atoms with Gasteiger partial charge < -0.3 is 9.88 Å². The van der Waals surface area contributed by atoms with E-state index in [1.54, 1.807) is 0 Å². The first kappa shape index (κ1) is 19.1. The summed E-state index contributed by atoms with van der Waals surface area (Å²) in [5.74, 6) is -0.0159. The number of hydrogen-bond acceptors (Lipinski definition) is 1. The monoisotopic (exact) mass is 402 g/mol. The third-order valence-electron chi connectivity index (χ3n) is 7.04. The van der Waals surface area contributed by atoms with E-state index in [9.17, 15) is 9.18 Å². The molecule has 1 aliphatic heterocycles. The Morgan fingerprint density at radius 3 is 2.70 bits per heavy atom. The molecule has 2 unspecified atom stereocenters. The number of amides is 1. The van der Waals surface area contributed by atoms with Crippen molar-refractivity contribution >= 4 is 5.91 Å². The second-order valence-electron chi connectivity index (χ2n) is 8.66. The van der Waals surface area contributed by atoms with Gasteiger partial charge in [-0.3, -0.25) is 4.79 Å². The van der Waals surface area contributed by atoms with Gasteiger partial charge in [0.1, 0.15) is 5.82 Å².